The number of carbonyl (C=O) groups excluding carboxylic acids is 1. The molecule has 0 fully saturated rings. The van der Waals surface area contributed by atoms with E-state index in [1.54, 1.807) is 0 Å². The number of hydrogen-bond donors (Lipinski definition) is 0. The number of aryl methyl sites for hydroxylation is 4. The summed E-state index contributed by atoms with van der Waals surface area (Å²) in [6.07, 6.45) is 6.02. The van der Waals surface area contributed by atoms with E-state index in [-0.39, 0.29) is 5.78 Å². The van der Waals surface area contributed by atoms with Gasteiger partial charge >= 0.3 is 0 Å². The Morgan fingerprint density at radius 2 is 1.53 bits per heavy atom. The Bertz CT molecular complexity index is 1240. The number of benzene rings is 2. The van der Waals surface area contributed by atoms with Crippen molar-refractivity contribution in [2.45, 2.75) is 53.0 Å². The Labute approximate surface area is 178 Å². The van der Waals surface area contributed by atoms with Gasteiger partial charge in [0.05, 0.1) is 11.4 Å². The van der Waals surface area contributed by atoms with Gasteiger partial charge in [0.25, 0.3) is 0 Å². The predicted octanol–water partition coefficient (Wildman–Crippen LogP) is 6.62. The van der Waals surface area contributed by atoms with Crippen molar-refractivity contribution >= 4 is 11.4 Å². The molecule has 0 radical (unpaired) electrons. The van der Waals surface area contributed by atoms with Gasteiger partial charge in [-0.15, -0.1) is 0 Å². The first-order valence-electron chi connectivity index (χ1n) is 11.0. The molecule has 5 rings (SSSR count). The smallest absolute Gasteiger partial charge is 0.179 e. The van der Waals surface area contributed by atoms with Gasteiger partial charge in [0.15, 0.2) is 5.78 Å². The van der Waals surface area contributed by atoms with Gasteiger partial charge in [-0.1, -0.05) is 66.6 Å². The van der Waals surface area contributed by atoms with E-state index in [0.29, 0.717) is 6.42 Å². The second-order valence-electron chi connectivity index (χ2n) is 8.53. The Hall–Kier alpha value is -3.07. The zero-order valence-electron chi connectivity index (χ0n) is 18.0. The fourth-order valence-electron chi connectivity index (χ4n) is 4.81. The van der Waals surface area contributed by atoms with Crippen molar-refractivity contribution in [1.29, 1.82) is 0 Å². The van der Waals surface area contributed by atoms with Gasteiger partial charge in [0.2, 0.25) is 0 Å². The lowest BCUT2D eigenvalue weighted by atomic mass is 9.95. The molecule has 4 aromatic rings. The van der Waals surface area contributed by atoms with Gasteiger partial charge in [-0.05, 0) is 44.2 Å². The van der Waals surface area contributed by atoms with Gasteiger partial charge in [0, 0.05) is 30.3 Å². The maximum Gasteiger partial charge on any atom is 0.179 e. The van der Waals surface area contributed by atoms with Crippen LogP contribution in [0.4, 0.5) is 0 Å². The highest BCUT2D eigenvalue weighted by Gasteiger charge is 2.28. The molecule has 3 heteroatoms. The van der Waals surface area contributed by atoms with Crippen molar-refractivity contribution in [3.63, 3.8) is 0 Å². The maximum absolute atomic E-state index is 13.2. The summed E-state index contributed by atoms with van der Waals surface area (Å²) in [6, 6.07) is 17.4. The van der Waals surface area contributed by atoms with Crippen molar-refractivity contribution < 1.29 is 4.79 Å². The second kappa shape index (κ2) is 7.32. The van der Waals surface area contributed by atoms with Gasteiger partial charge < -0.3 is 4.57 Å². The third kappa shape index (κ3) is 2.92. The lowest BCUT2D eigenvalue weighted by Crippen LogP contribution is -2.03. The molecule has 0 unspecified atom stereocenters. The Morgan fingerprint density at radius 1 is 0.900 bits per heavy atom. The number of aromatic nitrogens is 2. The summed E-state index contributed by atoms with van der Waals surface area (Å²) in [6.45, 7) is 7.18. The molecule has 1 aliphatic rings. The summed E-state index contributed by atoms with van der Waals surface area (Å²) in [7, 11) is 0. The van der Waals surface area contributed by atoms with Crippen LogP contribution >= 0.6 is 0 Å². The molecule has 152 valence electrons. The zero-order valence-corrected chi connectivity index (χ0v) is 18.0. The molecule has 30 heavy (non-hydrogen) atoms. The van der Waals surface area contributed by atoms with Crippen LogP contribution in [0.3, 0.4) is 0 Å². The molecule has 0 aliphatic carbocycles. The van der Waals surface area contributed by atoms with Gasteiger partial charge in [-0.2, -0.15) is 0 Å². The minimum atomic E-state index is 0.208. The van der Waals surface area contributed by atoms with E-state index in [9.17, 15) is 4.79 Å². The molecule has 3 nitrogen and oxygen atoms in total. The first-order chi connectivity index (χ1) is 14.6. The van der Waals surface area contributed by atoms with Gasteiger partial charge in [-0.25, -0.2) is 0 Å². The highest BCUT2D eigenvalue weighted by atomic mass is 16.1. The van der Waals surface area contributed by atoms with Crippen LogP contribution in [0.1, 0.15) is 53.4 Å². The highest BCUT2D eigenvalue weighted by molar-refractivity contribution is 6.04. The van der Waals surface area contributed by atoms with E-state index in [1.165, 1.54) is 33.6 Å². The molecule has 2 aromatic heterocycles. The summed E-state index contributed by atoms with van der Waals surface area (Å²) in [4.78, 5) is 13.2. The Kier molecular flexibility index (Phi) is 4.62. The van der Waals surface area contributed by atoms with Crippen LogP contribution in [0.25, 0.3) is 28.0 Å². The van der Waals surface area contributed by atoms with Gasteiger partial charge in [0.1, 0.15) is 5.65 Å². The largest absolute Gasteiger partial charge is 0.325 e. The normalized spacial score (nSPS) is 13.6. The van der Waals surface area contributed by atoms with Crippen molar-refractivity contribution in [1.82, 2.24) is 8.97 Å². The minimum Gasteiger partial charge on any atom is -0.325 e. The van der Waals surface area contributed by atoms with E-state index in [4.69, 9.17) is 0 Å². The van der Waals surface area contributed by atoms with Crippen LogP contribution in [0.2, 0.25) is 0 Å². The number of nitrogens with zero attached hydrogens (tertiary/aromatic N) is 2. The number of hydrogen-bond acceptors (Lipinski definition) is 1. The van der Waals surface area contributed by atoms with E-state index >= 15 is 0 Å². The van der Waals surface area contributed by atoms with Crippen molar-refractivity contribution in [2.75, 3.05) is 0 Å². The molecule has 1 aliphatic heterocycles. The average Bonchev–Trinajstić information content (AvgIpc) is 3.17. The number of imidazole rings is 1. The lowest BCUT2D eigenvalue weighted by Gasteiger charge is -2.09. The molecular weight excluding hydrogens is 368 g/mol. The minimum absolute atomic E-state index is 0.208. The third-order valence-corrected chi connectivity index (χ3v) is 6.41. The van der Waals surface area contributed by atoms with Gasteiger partial charge in [-0.3, -0.25) is 9.20 Å². The van der Waals surface area contributed by atoms with Crippen molar-refractivity contribution in [3.8, 4) is 22.4 Å². The summed E-state index contributed by atoms with van der Waals surface area (Å²) in [5, 5.41) is 0. The van der Waals surface area contributed by atoms with Crippen molar-refractivity contribution in [2.24, 2.45) is 0 Å². The van der Waals surface area contributed by atoms with Crippen molar-refractivity contribution in [3.05, 3.63) is 77.1 Å². The first-order valence-corrected chi connectivity index (χ1v) is 11.0. The van der Waals surface area contributed by atoms with Crippen LogP contribution in [-0.2, 0) is 13.0 Å². The number of carbonyl (C=O) groups is 1. The molecule has 0 spiro atoms. The summed E-state index contributed by atoms with van der Waals surface area (Å²) in [5.74, 6) is 0.208. The lowest BCUT2D eigenvalue weighted by molar-refractivity contribution is 0.0983. The van der Waals surface area contributed by atoms with Crippen LogP contribution < -0.4 is 0 Å². The van der Waals surface area contributed by atoms with Crippen LogP contribution in [0, 0.1) is 13.8 Å². The van der Waals surface area contributed by atoms with E-state index < -0.39 is 0 Å². The number of Topliss-reactive ketones (excluding diaryl/α,β-unsaturated/α-hetero) is 1. The molecular formula is C27H28N2O. The molecule has 2 aromatic carbocycles. The zero-order chi connectivity index (χ0) is 20.8. The Morgan fingerprint density at radius 3 is 2.17 bits per heavy atom. The number of ketones is 1. The first kappa shape index (κ1) is 18.9. The second-order valence-corrected chi connectivity index (χ2v) is 8.53. The van der Waals surface area contributed by atoms with Crippen LogP contribution in [-0.4, -0.2) is 14.8 Å². The highest BCUT2D eigenvalue weighted by Crippen LogP contribution is 2.39. The molecule has 0 N–H and O–H groups in total. The van der Waals surface area contributed by atoms with E-state index in [1.807, 2.05) is 6.92 Å². The standard InChI is InChI=1S/C27H28N2O/c1-4-24(30)26-25(21-14-10-19(3)11-15-21)22-7-5-6-16-28-23(17-29(26)27(22)28)20-12-8-18(2)9-13-20/h8-15,17H,4-7,16H2,1-3H3. The SMILES string of the molecule is CCC(=O)c1c(-c2ccc(C)cc2)c2c3n(c(-c4ccc(C)cc4)cn13)CCCC2. The quantitative estimate of drug-likeness (QED) is 0.356. The fraction of sp³-hybridized carbons (Fsp3) is 0.296. The van der Waals surface area contributed by atoms with E-state index in [2.05, 4.69) is 77.5 Å². The summed E-state index contributed by atoms with van der Waals surface area (Å²) < 4.78 is 4.63. The topological polar surface area (TPSA) is 26.4 Å². The third-order valence-electron chi connectivity index (χ3n) is 6.41. The molecule has 0 bridgehead atoms. The molecule has 0 saturated carbocycles. The molecule has 0 saturated heterocycles. The number of rotatable bonds is 4. The van der Waals surface area contributed by atoms with Crippen LogP contribution in [0.15, 0.2) is 54.7 Å². The monoisotopic (exact) mass is 396 g/mol. The van der Waals surface area contributed by atoms with E-state index in [0.717, 1.165) is 42.6 Å². The molecule has 0 atom stereocenters. The van der Waals surface area contributed by atoms with Crippen LogP contribution in [0.5, 0.6) is 0 Å². The molecule has 0 amide bonds. The molecule has 3 heterocycles. The predicted molar refractivity (Wildman–Crippen MR) is 123 cm³/mol. The Balaban J connectivity index is 1.84. The fourth-order valence-corrected chi connectivity index (χ4v) is 4.81. The summed E-state index contributed by atoms with van der Waals surface area (Å²) in [5.41, 5.74) is 10.6. The summed E-state index contributed by atoms with van der Waals surface area (Å²) >= 11 is 0. The average molecular weight is 397 g/mol. The maximum atomic E-state index is 13.2.